The van der Waals surface area contributed by atoms with Crippen LogP contribution in [-0.2, 0) is 4.79 Å². The SMILES string of the molecule is Cl.Nc1ccc(NCC(=O)S)cc1. The first-order chi connectivity index (χ1) is 5.68. The van der Waals surface area contributed by atoms with Gasteiger partial charge in [0.15, 0.2) is 0 Å². The topological polar surface area (TPSA) is 55.1 Å². The van der Waals surface area contributed by atoms with Gasteiger partial charge in [0.05, 0.1) is 6.54 Å². The van der Waals surface area contributed by atoms with Gasteiger partial charge in [0.1, 0.15) is 0 Å². The smallest absolute Gasteiger partial charge is 0.204 e. The second-order valence-electron chi connectivity index (χ2n) is 2.37. The molecule has 0 aliphatic rings. The minimum Gasteiger partial charge on any atom is -0.399 e. The number of nitrogens with one attached hydrogen (secondary N) is 1. The Kier molecular flexibility index (Phi) is 5.34. The number of carbonyl (C=O) groups excluding carboxylic acids is 1. The number of nitrogen functional groups attached to an aromatic ring is 1. The number of benzene rings is 1. The zero-order valence-electron chi connectivity index (χ0n) is 6.86. The first kappa shape index (κ1) is 12.1. The average molecular weight is 219 g/mol. The molecule has 0 fully saturated rings. The van der Waals surface area contributed by atoms with Gasteiger partial charge >= 0.3 is 0 Å². The Morgan fingerprint density at radius 1 is 1.38 bits per heavy atom. The molecule has 72 valence electrons. The molecule has 0 saturated heterocycles. The van der Waals surface area contributed by atoms with E-state index in [1.54, 1.807) is 12.1 Å². The molecule has 13 heavy (non-hydrogen) atoms. The normalized spacial score (nSPS) is 8.69. The molecule has 0 bridgehead atoms. The molecule has 0 spiro atoms. The lowest BCUT2D eigenvalue weighted by Gasteiger charge is -2.02. The maximum atomic E-state index is 10.5. The maximum absolute atomic E-state index is 10.5. The average Bonchev–Trinajstić information content (AvgIpc) is 2.03. The molecule has 3 nitrogen and oxygen atoms in total. The Labute approximate surface area is 88.5 Å². The van der Waals surface area contributed by atoms with Crippen LogP contribution in [0.5, 0.6) is 0 Å². The van der Waals surface area contributed by atoms with Gasteiger partial charge in [-0.15, -0.1) is 25.0 Å². The molecular formula is C8H11ClN2OS. The standard InChI is InChI=1S/C8H10N2OS.ClH/c9-6-1-3-7(4-2-6)10-5-8(11)12;/h1-4,10H,5,9H2,(H,11,12);1H. The van der Waals surface area contributed by atoms with E-state index < -0.39 is 0 Å². The van der Waals surface area contributed by atoms with E-state index >= 15 is 0 Å². The maximum Gasteiger partial charge on any atom is 0.204 e. The van der Waals surface area contributed by atoms with E-state index in [0.29, 0.717) is 5.69 Å². The van der Waals surface area contributed by atoms with E-state index in [1.165, 1.54) is 0 Å². The van der Waals surface area contributed by atoms with Crippen molar-refractivity contribution in [1.82, 2.24) is 0 Å². The number of anilines is 2. The van der Waals surface area contributed by atoms with Gasteiger partial charge in [-0.2, -0.15) is 0 Å². The molecule has 3 N–H and O–H groups in total. The zero-order chi connectivity index (χ0) is 8.97. The summed E-state index contributed by atoms with van der Waals surface area (Å²) in [6, 6.07) is 7.16. The highest BCUT2D eigenvalue weighted by Crippen LogP contribution is 2.09. The molecule has 0 heterocycles. The molecule has 5 heteroatoms. The quantitative estimate of drug-likeness (QED) is 0.533. The summed E-state index contributed by atoms with van der Waals surface area (Å²) in [5, 5.41) is 2.70. The summed E-state index contributed by atoms with van der Waals surface area (Å²) >= 11 is 3.62. The predicted molar refractivity (Wildman–Crippen MR) is 60.6 cm³/mol. The van der Waals surface area contributed by atoms with Crippen LogP contribution in [0.2, 0.25) is 0 Å². The van der Waals surface area contributed by atoms with Gasteiger partial charge < -0.3 is 11.1 Å². The first-order valence-corrected chi connectivity index (χ1v) is 3.94. The second-order valence-corrected chi connectivity index (χ2v) is 2.87. The summed E-state index contributed by atoms with van der Waals surface area (Å²) in [6.07, 6.45) is 0. The molecular weight excluding hydrogens is 208 g/mol. The van der Waals surface area contributed by atoms with Crippen LogP contribution in [0.3, 0.4) is 0 Å². The molecule has 1 aromatic rings. The van der Waals surface area contributed by atoms with E-state index in [2.05, 4.69) is 17.9 Å². The summed E-state index contributed by atoms with van der Waals surface area (Å²) in [6.45, 7) is 0.229. The number of hydrogen-bond acceptors (Lipinski definition) is 3. The summed E-state index contributed by atoms with van der Waals surface area (Å²) in [7, 11) is 0. The van der Waals surface area contributed by atoms with Crippen molar-refractivity contribution in [3.8, 4) is 0 Å². The lowest BCUT2D eigenvalue weighted by Crippen LogP contribution is -2.07. The largest absolute Gasteiger partial charge is 0.399 e. The molecule has 0 amide bonds. The van der Waals surface area contributed by atoms with Crippen LogP contribution in [0.1, 0.15) is 0 Å². The number of carbonyl (C=O) groups is 1. The monoisotopic (exact) mass is 218 g/mol. The van der Waals surface area contributed by atoms with Crippen LogP contribution < -0.4 is 11.1 Å². The minimum atomic E-state index is -0.188. The number of halogens is 1. The van der Waals surface area contributed by atoms with Crippen molar-refractivity contribution in [2.45, 2.75) is 0 Å². The highest BCUT2D eigenvalue weighted by atomic mass is 35.5. The molecule has 0 aliphatic carbocycles. The third-order valence-electron chi connectivity index (χ3n) is 1.35. The van der Waals surface area contributed by atoms with Gasteiger partial charge in [-0.05, 0) is 24.3 Å². The Hall–Kier alpha value is -0.870. The highest BCUT2D eigenvalue weighted by Gasteiger charge is 1.93. The number of rotatable bonds is 3. The molecule has 0 saturated carbocycles. The van der Waals surface area contributed by atoms with E-state index in [-0.39, 0.29) is 24.1 Å². The minimum absolute atomic E-state index is 0. The molecule has 1 rings (SSSR count). The van der Waals surface area contributed by atoms with Crippen LogP contribution in [0, 0.1) is 0 Å². The van der Waals surface area contributed by atoms with Gasteiger partial charge in [-0.1, -0.05) is 0 Å². The Bertz CT molecular complexity index is 276. The van der Waals surface area contributed by atoms with Crippen molar-refractivity contribution in [3.05, 3.63) is 24.3 Å². The summed E-state index contributed by atoms with van der Waals surface area (Å²) in [5.74, 6) is 0. The lowest BCUT2D eigenvalue weighted by molar-refractivity contribution is -0.109. The predicted octanol–water partition coefficient (Wildman–Crippen LogP) is 1.56. The molecule has 0 aliphatic heterocycles. The van der Waals surface area contributed by atoms with Crippen molar-refractivity contribution in [2.75, 3.05) is 17.6 Å². The molecule has 0 unspecified atom stereocenters. The molecule has 0 atom stereocenters. The molecule has 0 radical (unpaired) electrons. The van der Waals surface area contributed by atoms with Crippen LogP contribution in [0.4, 0.5) is 11.4 Å². The van der Waals surface area contributed by atoms with Gasteiger partial charge in [0.25, 0.3) is 0 Å². The van der Waals surface area contributed by atoms with Crippen LogP contribution in [0.15, 0.2) is 24.3 Å². The first-order valence-electron chi connectivity index (χ1n) is 3.49. The summed E-state index contributed by atoms with van der Waals surface area (Å²) < 4.78 is 0. The molecule has 0 aromatic heterocycles. The number of hydrogen-bond donors (Lipinski definition) is 3. The van der Waals surface area contributed by atoms with Crippen molar-refractivity contribution in [3.63, 3.8) is 0 Å². The lowest BCUT2D eigenvalue weighted by atomic mass is 10.3. The Morgan fingerprint density at radius 2 is 1.92 bits per heavy atom. The third kappa shape index (κ3) is 4.65. The summed E-state index contributed by atoms with van der Waals surface area (Å²) in [4.78, 5) is 10.5. The molecule has 1 aromatic carbocycles. The third-order valence-corrected chi connectivity index (χ3v) is 1.51. The fraction of sp³-hybridized carbons (Fsp3) is 0.125. The van der Waals surface area contributed by atoms with Gasteiger partial charge in [-0.25, -0.2) is 0 Å². The van der Waals surface area contributed by atoms with Crippen LogP contribution >= 0.6 is 25.0 Å². The van der Waals surface area contributed by atoms with Crippen molar-refractivity contribution >= 4 is 41.5 Å². The van der Waals surface area contributed by atoms with Gasteiger partial charge in [0, 0.05) is 11.4 Å². The van der Waals surface area contributed by atoms with E-state index in [0.717, 1.165) is 5.69 Å². The Balaban J connectivity index is 0.00000144. The van der Waals surface area contributed by atoms with E-state index in [9.17, 15) is 4.79 Å². The number of nitrogens with two attached hydrogens (primary N) is 1. The number of thiol groups is 1. The van der Waals surface area contributed by atoms with Gasteiger partial charge in [0.2, 0.25) is 5.12 Å². The van der Waals surface area contributed by atoms with Crippen LogP contribution in [0.25, 0.3) is 0 Å². The van der Waals surface area contributed by atoms with Gasteiger partial charge in [-0.3, -0.25) is 4.79 Å². The van der Waals surface area contributed by atoms with Crippen molar-refractivity contribution in [1.29, 1.82) is 0 Å². The van der Waals surface area contributed by atoms with E-state index in [4.69, 9.17) is 5.73 Å². The van der Waals surface area contributed by atoms with Crippen LogP contribution in [-0.4, -0.2) is 11.7 Å². The van der Waals surface area contributed by atoms with Crippen molar-refractivity contribution < 1.29 is 4.79 Å². The fourth-order valence-electron chi connectivity index (χ4n) is 0.779. The second kappa shape index (κ2) is 5.72. The Morgan fingerprint density at radius 3 is 2.38 bits per heavy atom. The van der Waals surface area contributed by atoms with E-state index in [1.807, 2.05) is 12.1 Å². The summed E-state index contributed by atoms with van der Waals surface area (Å²) in [5.41, 5.74) is 7.05. The fourth-order valence-corrected chi connectivity index (χ4v) is 0.858. The highest BCUT2D eigenvalue weighted by molar-refractivity contribution is 7.96. The zero-order valence-corrected chi connectivity index (χ0v) is 8.57. The van der Waals surface area contributed by atoms with Crippen molar-refractivity contribution in [2.24, 2.45) is 0 Å².